The molecule has 0 saturated carbocycles. The van der Waals surface area contributed by atoms with Crippen LogP contribution in [0.15, 0.2) is 28.7 Å². The highest BCUT2D eigenvalue weighted by molar-refractivity contribution is 7.90. The van der Waals surface area contributed by atoms with Gasteiger partial charge in [0.2, 0.25) is 5.96 Å². The third-order valence-corrected chi connectivity index (χ3v) is 2.93. The van der Waals surface area contributed by atoms with Crippen molar-refractivity contribution >= 4 is 21.7 Å². The lowest BCUT2D eigenvalue weighted by atomic mass is 10.3. The van der Waals surface area contributed by atoms with Gasteiger partial charge in [-0.15, -0.1) is 4.40 Å². The van der Waals surface area contributed by atoms with Crippen LogP contribution < -0.4 is 21.9 Å². The predicted octanol–water partition coefficient (Wildman–Crippen LogP) is -0.749. The second-order valence-corrected chi connectivity index (χ2v) is 4.94. The molecule has 0 spiro atoms. The third-order valence-electron chi connectivity index (χ3n) is 1.76. The molecule has 0 fully saturated rings. The van der Waals surface area contributed by atoms with Gasteiger partial charge in [0, 0.05) is 0 Å². The minimum Gasteiger partial charge on any atom is -0.490 e. The molecule has 17 heavy (non-hydrogen) atoms. The molecule has 0 saturated heterocycles. The van der Waals surface area contributed by atoms with E-state index in [9.17, 15) is 8.42 Å². The zero-order chi connectivity index (χ0) is 12.9. The van der Waals surface area contributed by atoms with Crippen LogP contribution in [-0.4, -0.2) is 26.7 Å². The summed E-state index contributed by atoms with van der Waals surface area (Å²) in [4.78, 5) is 0. The Labute approximate surface area is 99.3 Å². The van der Waals surface area contributed by atoms with E-state index in [1.54, 1.807) is 24.3 Å². The number of sulfonamides is 1. The molecular weight excluding hydrogens is 244 g/mol. The first-order chi connectivity index (χ1) is 7.91. The van der Waals surface area contributed by atoms with Crippen molar-refractivity contribution in [2.75, 3.05) is 18.1 Å². The summed E-state index contributed by atoms with van der Waals surface area (Å²) in [6, 6.07) is 6.77. The summed E-state index contributed by atoms with van der Waals surface area (Å²) in [7, 11) is -3.69. The number of benzene rings is 1. The van der Waals surface area contributed by atoms with E-state index in [0.717, 1.165) is 0 Å². The van der Waals surface area contributed by atoms with E-state index in [-0.39, 0.29) is 12.4 Å². The van der Waals surface area contributed by atoms with Crippen molar-refractivity contribution in [1.29, 1.82) is 0 Å². The highest BCUT2D eigenvalue weighted by atomic mass is 32.2. The molecule has 0 heterocycles. The number of para-hydroxylation sites is 2. The van der Waals surface area contributed by atoms with Gasteiger partial charge in [0.25, 0.3) is 10.0 Å². The normalized spacial score (nSPS) is 10.8. The molecule has 1 aromatic rings. The van der Waals surface area contributed by atoms with Gasteiger partial charge < -0.3 is 21.9 Å². The van der Waals surface area contributed by atoms with Crippen LogP contribution in [0, 0.1) is 0 Å². The number of rotatable bonds is 5. The van der Waals surface area contributed by atoms with Crippen molar-refractivity contribution < 1.29 is 13.2 Å². The van der Waals surface area contributed by atoms with E-state index in [2.05, 4.69) is 4.40 Å². The molecule has 0 aliphatic rings. The molecule has 0 aliphatic heterocycles. The van der Waals surface area contributed by atoms with Gasteiger partial charge in [-0.3, -0.25) is 0 Å². The van der Waals surface area contributed by atoms with Crippen molar-refractivity contribution in [1.82, 2.24) is 0 Å². The molecule has 0 unspecified atom stereocenters. The molecule has 0 radical (unpaired) electrons. The summed E-state index contributed by atoms with van der Waals surface area (Å²) >= 11 is 0. The van der Waals surface area contributed by atoms with Gasteiger partial charge in [-0.1, -0.05) is 12.1 Å². The SMILES string of the molecule is NC(N)=NS(=O)(=O)CCOc1ccccc1N. The fourth-order valence-electron chi connectivity index (χ4n) is 1.08. The first-order valence-electron chi connectivity index (χ1n) is 4.71. The topological polar surface area (TPSA) is 134 Å². The van der Waals surface area contributed by atoms with Gasteiger partial charge in [0.1, 0.15) is 18.1 Å². The minimum atomic E-state index is -3.69. The van der Waals surface area contributed by atoms with E-state index < -0.39 is 16.0 Å². The number of hydrogen-bond acceptors (Lipinski definition) is 4. The van der Waals surface area contributed by atoms with Crippen LogP contribution in [0.4, 0.5) is 5.69 Å². The largest absolute Gasteiger partial charge is 0.490 e. The number of nitrogens with two attached hydrogens (primary N) is 3. The molecule has 8 heteroatoms. The minimum absolute atomic E-state index is 0.0761. The van der Waals surface area contributed by atoms with Crippen LogP contribution in [-0.2, 0) is 10.0 Å². The number of ether oxygens (including phenoxy) is 1. The Bertz CT molecular complexity index is 509. The summed E-state index contributed by atoms with van der Waals surface area (Å²) in [5.74, 6) is -0.393. The standard InChI is InChI=1S/C9H14N4O3S/c10-7-3-1-2-4-8(7)16-5-6-17(14,15)13-9(11)12/h1-4H,5-6,10H2,(H4,11,12,13). The third kappa shape index (κ3) is 4.60. The molecule has 1 aromatic carbocycles. The van der Waals surface area contributed by atoms with Gasteiger partial charge in [0.05, 0.1) is 5.69 Å². The number of hydrogen-bond donors (Lipinski definition) is 3. The molecular formula is C9H14N4O3S. The van der Waals surface area contributed by atoms with Crippen molar-refractivity contribution in [2.24, 2.45) is 15.9 Å². The maximum Gasteiger partial charge on any atom is 0.259 e. The Hall–Kier alpha value is -1.96. The van der Waals surface area contributed by atoms with Crippen molar-refractivity contribution in [2.45, 2.75) is 0 Å². The predicted molar refractivity (Wildman–Crippen MR) is 65.9 cm³/mol. The smallest absolute Gasteiger partial charge is 0.259 e. The molecule has 0 aliphatic carbocycles. The van der Waals surface area contributed by atoms with Gasteiger partial charge >= 0.3 is 0 Å². The van der Waals surface area contributed by atoms with Crippen molar-refractivity contribution in [3.8, 4) is 5.75 Å². The van der Waals surface area contributed by atoms with Crippen molar-refractivity contribution in [3.05, 3.63) is 24.3 Å². The van der Waals surface area contributed by atoms with Gasteiger partial charge in [-0.05, 0) is 12.1 Å². The highest BCUT2D eigenvalue weighted by Crippen LogP contribution is 2.19. The van der Waals surface area contributed by atoms with E-state index in [1.165, 1.54) is 0 Å². The van der Waals surface area contributed by atoms with Crippen LogP contribution in [0.5, 0.6) is 5.75 Å². The fourth-order valence-corrected chi connectivity index (χ4v) is 1.78. The summed E-state index contributed by atoms with van der Waals surface area (Å²) < 4.78 is 30.8. The average Bonchev–Trinajstić information content (AvgIpc) is 2.18. The highest BCUT2D eigenvalue weighted by Gasteiger charge is 2.09. The lowest BCUT2D eigenvalue weighted by Gasteiger charge is -2.07. The van der Waals surface area contributed by atoms with E-state index in [1.807, 2.05) is 0 Å². The van der Waals surface area contributed by atoms with E-state index in [4.69, 9.17) is 21.9 Å². The van der Waals surface area contributed by atoms with Crippen molar-refractivity contribution in [3.63, 3.8) is 0 Å². The summed E-state index contributed by atoms with van der Waals surface area (Å²) in [6.07, 6.45) is 0. The molecule has 0 amide bonds. The quantitative estimate of drug-likeness (QED) is 0.361. The molecule has 1 rings (SSSR count). The number of anilines is 1. The average molecular weight is 258 g/mol. The van der Waals surface area contributed by atoms with Gasteiger partial charge in [-0.2, -0.15) is 0 Å². The summed E-state index contributed by atoms with van der Waals surface area (Å²) in [5, 5.41) is 0. The molecule has 6 N–H and O–H groups in total. The molecule has 0 atom stereocenters. The van der Waals surface area contributed by atoms with Gasteiger partial charge in [-0.25, -0.2) is 8.42 Å². The second kappa shape index (κ2) is 5.39. The van der Waals surface area contributed by atoms with Crippen LogP contribution in [0.2, 0.25) is 0 Å². The fraction of sp³-hybridized carbons (Fsp3) is 0.222. The maximum atomic E-state index is 11.3. The zero-order valence-electron chi connectivity index (χ0n) is 9.04. The van der Waals surface area contributed by atoms with Crippen LogP contribution in [0.3, 0.4) is 0 Å². The molecule has 94 valence electrons. The molecule has 7 nitrogen and oxygen atoms in total. The molecule has 0 aromatic heterocycles. The summed E-state index contributed by atoms with van der Waals surface area (Å²) in [6.45, 7) is -0.0761. The first-order valence-corrected chi connectivity index (χ1v) is 6.32. The Morgan fingerprint density at radius 3 is 2.53 bits per heavy atom. The Balaban J connectivity index is 2.55. The second-order valence-electron chi connectivity index (χ2n) is 3.19. The monoisotopic (exact) mass is 258 g/mol. The summed E-state index contributed by atoms with van der Waals surface area (Å²) in [5.41, 5.74) is 16.0. The Morgan fingerprint density at radius 1 is 1.29 bits per heavy atom. The number of nitrogen functional groups attached to an aromatic ring is 1. The first kappa shape index (κ1) is 13.1. The van der Waals surface area contributed by atoms with Crippen LogP contribution in [0.1, 0.15) is 0 Å². The maximum absolute atomic E-state index is 11.3. The number of nitrogens with zero attached hydrogens (tertiary/aromatic N) is 1. The Kier molecular flexibility index (Phi) is 4.16. The molecule has 0 bridgehead atoms. The van der Waals surface area contributed by atoms with Crippen LogP contribution in [0.25, 0.3) is 0 Å². The van der Waals surface area contributed by atoms with E-state index >= 15 is 0 Å². The number of guanidine groups is 1. The Morgan fingerprint density at radius 2 is 1.94 bits per heavy atom. The van der Waals surface area contributed by atoms with Gasteiger partial charge in [0.15, 0.2) is 0 Å². The van der Waals surface area contributed by atoms with E-state index in [0.29, 0.717) is 11.4 Å². The zero-order valence-corrected chi connectivity index (χ0v) is 9.85. The lowest BCUT2D eigenvalue weighted by molar-refractivity contribution is 0.342. The van der Waals surface area contributed by atoms with Crippen LogP contribution >= 0.6 is 0 Å². The lowest BCUT2D eigenvalue weighted by Crippen LogP contribution is -2.25.